The van der Waals surface area contributed by atoms with E-state index < -0.39 is 5.54 Å². The summed E-state index contributed by atoms with van der Waals surface area (Å²) in [5, 5.41) is 2.97. The van der Waals surface area contributed by atoms with Crippen molar-refractivity contribution in [2.45, 2.75) is 58.0 Å². The summed E-state index contributed by atoms with van der Waals surface area (Å²) in [5.41, 5.74) is 1.44. The third-order valence-corrected chi connectivity index (χ3v) is 5.18. The average Bonchev–Trinajstić information content (AvgIpc) is 2.75. The van der Waals surface area contributed by atoms with E-state index in [0.717, 1.165) is 31.2 Å². The number of imide groups is 1. The van der Waals surface area contributed by atoms with Crippen molar-refractivity contribution < 1.29 is 9.59 Å². The molecule has 0 aromatic heterocycles. The van der Waals surface area contributed by atoms with E-state index in [1.165, 1.54) is 16.9 Å². The zero-order chi connectivity index (χ0) is 15.7. The van der Waals surface area contributed by atoms with E-state index in [9.17, 15) is 9.59 Å². The highest BCUT2D eigenvalue weighted by atomic mass is 16.2. The second-order valence-electron chi connectivity index (χ2n) is 6.84. The summed E-state index contributed by atoms with van der Waals surface area (Å²) in [4.78, 5) is 26.5. The Labute approximate surface area is 131 Å². The highest BCUT2D eigenvalue weighted by molar-refractivity contribution is 6.06. The van der Waals surface area contributed by atoms with E-state index >= 15 is 0 Å². The van der Waals surface area contributed by atoms with Gasteiger partial charge in [0.2, 0.25) is 0 Å². The first kappa shape index (κ1) is 15.1. The van der Waals surface area contributed by atoms with Gasteiger partial charge in [0.25, 0.3) is 5.91 Å². The summed E-state index contributed by atoms with van der Waals surface area (Å²) < 4.78 is 0. The lowest BCUT2D eigenvalue weighted by Gasteiger charge is -2.34. The lowest BCUT2D eigenvalue weighted by Crippen LogP contribution is -2.51. The molecule has 2 fully saturated rings. The normalized spacial score (nSPS) is 26.4. The molecule has 118 valence electrons. The third kappa shape index (κ3) is 2.62. The largest absolute Gasteiger partial charge is 0.325 e. The zero-order valence-electron chi connectivity index (χ0n) is 13.4. The molecule has 4 heteroatoms. The van der Waals surface area contributed by atoms with Crippen molar-refractivity contribution in [2.75, 3.05) is 0 Å². The highest BCUT2D eigenvalue weighted by Gasteiger charge is 2.52. The maximum atomic E-state index is 12.9. The maximum Gasteiger partial charge on any atom is 0.325 e. The average molecular weight is 300 g/mol. The number of benzene rings is 1. The van der Waals surface area contributed by atoms with Crippen molar-refractivity contribution in [3.8, 4) is 0 Å². The fourth-order valence-electron chi connectivity index (χ4n) is 3.69. The van der Waals surface area contributed by atoms with Crippen LogP contribution in [0.4, 0.5) is 4.79 Å². The van der Waals surface area contributed by atoms with Gasteiger partial charge in [-0.05, 0) is 38.2 Å². The van der Waals surface area contributed by atoms with Gasteiger partial charge in [0, 0.05) is 0 Å². The van der Waals surface area contributed by atoms with Gasteiger partial charge in [-0.3, -0.25) is 9.69 Å². The number of urea groups is 1. The molecule has 2 aliphatic rings. The van der Waals surface area contributed by atoms with E-state index in [1.54, 1.807) is 0 Å². The SMILES string of the molecule is Cc1ccc(CN2C(=O)N[C@](C)(C3CCCCC3)C2=O)cc1. The molecule has 1 heterocycles. The van der Waals surface area contributed by atoms with Crippen LogP contribution in [0, 0.1) is 12.8 Å². The first-order chi connectivity index (χ1) is 10.5. The topological polar surface area (TPSA) is 49.4 Å². The molecule has 1 aromatic rings. The van der Waals surface area contributed by atoms with Gasteiger partial charge >= 0.3 is 6.03 Å². The Morgan fingerprint density at radius 3 is 2.41 bits per heavy atom. The number of carbonyl (C=O) groups excluding carboxylic acids is 2. The van der Waals surface area contributed by atoms with Crippen LogP contribution in [0.5, 0.6) is 0 Å². The van der Waals surface area contributed by atoms with Crippen molar-refractivity contribution >= 4 is 11.9 Å². The van der Waals surface area contributed by atoms with Crippen LogP contribution in [0.2, 0.25) is 0 Å². The third-order valence-electron chi connectivity index (χ3n) is 5.18. The molecule has 4 nitrogen and oxygen atoms in total. The maximum absolute atomic E-state index is 12.9. The molecule has 3 amide bonds. The number of hydrogen-bond donors (Lipinski definition) is 1. The molecule has 3 rings (SSSR count). The molecule has 0 unspecified atom stereocenters. The van der Waals surface area contributed by atoms with Gasteiger partial charge in [-0.2, -0.15) is 0 Å². The van der Waals surface area contributed by atoms with E-state index in [0.29, 0.717) is 6.54 Å². The van der Waals surface area contributed by atoms with Crippen LogP contribution in [0.25, 0.3) is 0 Å². The molecule has 0 spiro atoms. The van der Waals surface area contributed by atoms with E-state index in [-0.39, 0.29) is 17.9 Å². The molecule has 1 aliphatic carbocycles. The standard InChI is InChI=1S/C18H24N2O2/c1-13-8-10-14(11-9-13)12-20-16(21)18(2,19-17(20)22)15-6-4-3-5-7-15/h8-11,15H,3-7,12H2,1-2H3,(H,19,22)/t18-/m1/s1. The predicted molar refractivity (Wildman–Crippen MR) is 85.2 cm³/mol. The van der Waals surface area contributed by atoms with Crippen LogP contribution in [0.15, 0.2) is 24.3 Å². The lowest BCUT2D eigenvalue weighted by atomic mass is 9.75. The smallest absolute Gasteiger partial charge is 0.323 e. The monoisotopic (exact) mass is 300 g/mol. The van der Waals surface area contributed by atoms with Gasteiger partial charge in [-0.15, -0.1) is 0 Å². The molecule has 0 radical (unpaired) electrons. The second kappa shape index (κ2) is 5.75. The first-order valence-corrected chi connectivity index (χ1v) is 8.20. The molecule has 1 atom stereocenters. The zero-order valence-corrected chi connectivity index (χ0v) is 13.4. The number of aryl methyl sites for hydroxylation is 1. The van der Waals surface area contributed by atoms with E-state index in [2.05, 4.69) is 5.32 Å². The van der Waals surface area contributed by atoms with Gasteiger partial charge in [-0.25, -0.2) is 4.79 Å². The summed E-state index contributed by atoms with van der Waals surface area (Å²) >= 11 is 0. The molecule has 1 aliphatic heterocycles. The van der Waals surface area contributed by atoms with Gasteiger partial charge in [0.15, 0.2) is 0 Å². The summed E-state index contributed by atoms with van der Waals surface area (Å²) in [6.07, 6.45) is 5.60. The van der Waals surface area contributed by atoms with Crippen molar-refractivity contribution in [3.63, 3.8) is 0 Å². The van der Waals surface area contributed by atoms with Crippen LogP contribution in [0.1, 0.15) is 50.2 Å². The molecule has 1 N–H and O–H groups in total. The fraction of sp³-hybridized carbons (Fsp3) is 0.556. The Balaban J connectivity index is 1.77. The van der Waals surface area contributed by atoms with Crippen molar-refractivity contribution in [2.24, 2.45) is 5.92 Å². The van der Waals surface area contributed by atoms with Crippen LogP contribution in [-0.4, -0.2) is 22.4 Å². The van der Waals surface area contributed by atoms with Gasteiger partial charge in [0.1, 0.15) is 5.54 Å². The van der Waals surface area contributed by atoms with Crippen molar-refractivity contribution in [1.29, 1.82) is 0 Å². The number of amides is 3. The summed E-state index contributed by atoms with van der Waals surface area (Å²) in [5.74, 6) is 0.200. The number of rotatable bonds is 3. The Kier molecular flexibility index (Phi) is 3.94. The molecule has 1 aromatic carbocycles. The fourth-order valence-corrected chi connectivity index (χ4v) is 3.69. The van der Waals surface area contributed by atoms with Gasteiger partial charge in [0.05, 0.1) is 6.54 Å². The molecular weight excluding hydrogens is 276 g/mol. The minimum absolute atomic E-state index is 0.0648. The van der Waals surface area contributed by atoms with Crippen LogP contribution in [0.3, 0.4) is 0 Å². The second-order valence-corrected chi connectivity index (χ2v) is 6.84. The molecule has 0 bridgehead atoms. The van der Waals surface area contributed by atoms with Gasteiger partial charge < -0.3 is 5.32 Å². The van der Waals surface area contributed by atoms with Crippen molar-refractivity contribution in [1.82, 2.24) is 10.2 Å². The minimum atomic E-state index is -0.720. The highest BCUT2D eigenvalue weighted by Crippen LogP contribution is 2.36. The number of carbonyl (C=O) groups is 2. The Hall–Kier alpha value is -1.84. The quantitative estimate of drug-likeness (QED) is 0.870. The first-order valence-electron chi connectivity index (χ1n) is 8.20. The molecular formula is C18H24N2O2. The minimum Gasteiger partial charge on any atom is -0.323 e. The summed E-state index contributed by atoms with van der Waals surface area (Å²) in [7, 11) is 0. The lowest BCUT2D eigenvalue weighted by molar-refractivity contribution is -0.133. The van der Waals surface area contributed by atoms with Crippen molar-refractivity contribution in [3.05, 3.63) is 35.4 Å². The van der Waals surface area contributed by atoms with Crippen LogP contribution >= 0.6 is 0 Å². The Morgan fingerprint density at radius 2 is 1.77 bits per heavy atom. The number of nitrogens with one attached hydrogen (secondary N) is 1. The molecule has 1 saturated heterocycles. The molecule has 1 saturated carbocycles. The number of nitrogens with zero attached hydrogens (tertiary/aromatic N) is 1. The molecule has 22 heavy (non-hydrogen) atoms. The predicted octanol–water partition coefficient (Wildman–Crippen LogP) is 3.39. The summed E-state index contributed by atoms with van der Waals surface area (Å²) in [6.45, 7) is 4.28. The Morgan fingerprint density at radius 1 is 1.14 bits per heavy atom. The summed E-state index contributed by atoms with van der Waals surface area (Å²) in [6, 6.07) is 7.72. The van der Waals surface area contributed by atoms with E-state index in [1.807, 2.05) is 38.1 Å². The van der Waals surface area contributed by atoms with Gasteiger partial charge in [-0.1, -0.05) is 49.1 Å². The Bertz CT molecular complexity index is 575. The van der Waals surface area contributed by atoms with Crippen LogP contribution in [-0.2, 0) is 11.3 Å². The van der Waals surface area contributed by atoms with E-state index in [4.69, 9.17) is 0 Å². The number of hydrogen-bond acceptors (Lipinski definition) is 2. The van der Waals surface area contributed by atoms with Crippen LogP contribution < -0.4 is 5.32 Å².